The third-order valence-corrected chi connectivity index (χ3v) is 4.41. The number of aryl methyl sites for hydroxylation is 1. The van der Waals surface area contributed by atoms with E-state index in [2.05, 4.69) is 61.5 Å². The summed E-state index contributed by atoms with van der Waals surface area (Å²) in [6.07, 6.45) is 3.39. The van der Waals surface area contributed by atoms with Gasteiger partial charge in [-0.05, 0) is 29.7 Å². The lowest BCUT2D eigenvalue weighted by atomic mass is 10.1. The highest BCUT2D eigenvalue weighted by atomic mass is 127. The Morgan fingerprint density at radius 3 is 2.55 bits per heavy atom. The van der Waals surface area contributed by atoms with Crippen molar-refractivity contribution in [2.75, 3.05) is 20.6 Å². The average Bonchev–Trinajstić information content (AvgIpc) is 3.21. The number of nitrogens with one attached hydrogen (secondary N) is 1. The summed E-state index contributed by atoms with van der Waals surface area (Å²) in [7, 11) is 3.81. The number of pyridine rings is 1. The van der Waals surface area contributed by atoms with E-state index in [0.717, 1.165) is 18.9 Å². The zero-order valence-corrected chi connectivity index (χ0v) is 19.3. The third-order valence-electron chi connectivity index (χ3n) is 4.41. The van der Waals surface area contributed by atoms with Crippen LogP contribution in [0.3, 0.4) is 0 Å². The van der Waals surface area contributed by atoms with Gasteiger partial charge in [0, 0.05) is 39.8 Å². The Balaban J connectivity index is 0.00000300. The van der Waals surface area contributed by atoms with Crippen LogP contribution in [0.1, 0.15) is 23.9 Å². The Morgan fingerprint density at radius 1 is 1.14 bits per heavy atom. The zero-order valence-electron chi connectivity index (χ0n) is 17.0. The highest BCUT2D eigenvalue weighted by Gasteiger charge is 2.11. The van der Waals surface area contributed by atoms with Crippen LogP contribution in [0.15, 0.2) is 58.2 Å². The Hall–Kier alpha value is -2.49. The predicted octanol–water partition coefficient (Wildman–Crippen LogP) is 3.56. The first-order valence-electron chi connectivity index (χ1n) is 9.43. The normalized spacial score (nSPS) is 11.1. The molecule has 29 heavy (non-hydrogen) atoms. The van der Waals surface area contributed by atoms with Crippen LogP contribution in [-0.2, 0) is 19.4 Å². The maximum absolute atomic E-state index is 5.29. The van der Waals surface area contributed by atoms with E-state index in [4.69, 9.17) is 4.52 Å². The van der Waals surface area contributed by atoms with Crippen LogP contribution < -0.4 is 5.32 Å². The second kappa shape index (κ2) is 11.5. The molecule has 2 heterocycles. The molecule has 0 aliphatic rings. The standard InChI is InChI=1S/C21H26N6O.HI/c1-4-16-8-10-17(11-9-16)15-27(3)21(22-2)24-14-12-19-25-20(28-26-19)18-7-5-6-13-23-18;/h5-11,13H,4,12,14-15H2,1-3H3,(H,22,24);1H. The van der Waals surface area contributed by atoms with Crippen molar-refractivity contribution >= 4 is 29.9 Å². The molecule has 8 heteroatoms. The second-order valence-corrected chi connectivity index (χ2v) is 6.48. The molecule has 0 bridgehead atoms. The number of rotatable bonds is 7. The number of halogens is 1. The van der Waals surface area contributed by atoms with Gasteiger partial charge in [0.1, 0.15) is 5.69 Å². The fraction of sp³-hybridized carbons (Fsp3) is 0.333. The molecule has 2 aromatic heterocycles. The van der Waals surface area contributed by atoms with Gasteiger partial charge >= 0.3 is 0 Å². The minimum Gasteiger partial charge on any atom is -0.356 e. The maximum Gasteiger partial charge on any atom is 0.276 e. The monoisotopic (exact) mass is 506 g/mol. The quantitative estimate of drug-likeness (QED) is 0.300. The molecule has 7 nitrogen and oxygen atoms in total. The molecule has 0 spiro atoms. The number of guanidine groups is 1. The SMILES string of the molecule is CCc1ccc(CN(C)C(=NC)NCCc2noc(-c3ccccn3)n2)cc1.I. The van der Waals surface area contributed by atoms with Gasteiger partial charge in [-0.3, -0.25) is 9.98 Å². The van der Waals surface area contributed by atoms with E-state index in [9.17, 15) is 0 Å². The number of aromatic nitrogens is 3. The number of nitrogens with zero attached hydrogens (tertiary/aromatic N) is 5. The van der Waals surface area contributed by atoms with Gasteiger partial charge in [-0.15, -0.1) is 24.0 Å². The van der Waals surface area contributed by atoms with Crippen molar-refractivity contribution < 1.29 is 4.52 Å². The van der Waals surface area contributed by atoms with E-state index in [0.29, 0.717) is 30.4 Å². The summed E-state index contributed by atoms with van der Waals surface area (Å²) in [5, 5.41) is 7.37. The first-order chi connectivity index (χ1) is 13.7. The lowest BCUT2D eigenvalue weighted by molar-refractivity contribution is 0.420. The molecule has 0 aliphatic heterocycles. The van der Waals surface area contributed by atoms with Gasteiger partial charge in [0.15, 0.2) is 11.8 Å². The molecule has 0 amide bonds. The molecule has 3 aromatic rings. The van der Waals surface area contributed by atoms with Crippen molar-refractivity contribution in [2.24, 2.45) is 4.99 Å². The lowest BCUT2D eigenvalue weighted by Gasteiger charge is -2.22. The van der Waals surface area contributed by atoms with E-state index in [1.165, 1.54) is 11.1 Å². The van der Waals surface area contributed by atoms with E-state index in [-0.39, 0.29) is 24.0 Å². The summed E-state index contributed by atoms with van der Waals surface area (Å²) in [5.74, 6) is 1.90. The first-order valence-corrected chi connectivity index (χ1v) is 9.43. The average molecular weight is 506 g/mol. The van der Waals surface area contributed by atoms with Crippen LogP contribution in [0.5, 0.6) is 0 Å². The largest absolute Gasteiger partial charge is 0.356 e. The molecule has 3 rings (SSSR count). The van der Waals surface area contributed by atoms with E-state index in [1.807, 2.05) is 25.2 Å². The summed E-state index contributed by atoms with van der Waals surface area (Å²) in [6, 6.07) is 14.3. The van der Waals surface area contributed by atoms with Crippen molar-refractivity contribution in [1.82, 2.24) is 25.3 Å². The van der Waals surface area contributed by atoms with Gasteiger partial charge in [0.25, 0.3) is 5.89 Å². The van der Waals surface area contributed by atoms with Gasteiger partial charge in [-0.2, -0.15) is 4.98 Å². The topological polar surface area (TPSA) is 79.4 Å². The van der Waals surface area contributed by atoms with Crippen LogP contribution in [-0.4, -0.2) is 46.6 Å². The Morgan fingerprint density at radius 2 is 1.90 bits per heavy atom. The maximum atomic E-state index is 5.29. The summed E-state index contributed by atoms with van der Waals surface area (Å²) in [6.45, 7) is 3.61. The molecule has 1 N–H and O–H groups in total. The fourth-order valence-corrected chi connectivity index (χ4v) is 2.85. The molecule has 1 aromatic carbocycles. The van der Waals surface area contributed by atoms with E-state index < -0.39 is 0 Å². The zero-order chi connectivity index (χ0) is 19.8. The Bertz CT molecular complexity index is 895. The van der Waals surface area contributed by atoms with Gasteiger partial charge < -0.3 is 14.7 Å². The van der Waals surface area contributed by atoms with Crippen LogP contribution in [0.25, 0.3) is 11.6 Å². The van der Waals surface area contributed by atoms with Crippen molar-refractivity contribution in [3.05, 3.63) is 65.6 Å². The van der Waals surface area contributed by atoms with Crippen LogP contribution in [0, 0.1) is 0 Å². The summed E-state index contributed by atoms with van der Waals surface area (Å²) in [5.41, 5.74) is 3.28. The van der Waals surface area contributed by atoms with Gasteiger partial charge in [0.05, 0.1) is 0 Å². The molecule has 0 atom stereocenters. The lowest BCUT2D eigenvalue weighted by Crippen LogP contribution is -2.39. The van der Waals surface area contributed by atoms with Gasteiger partial charge in [0.2, 0.25) is 0 Å². The predicted molar refractivity (Wildman–Crippen MR) is 125 cm³/mol. The number of benzene rings is 1. The Labute approximate surface area is 188 Å². The Kier molecular flexibility index (Phi) is 9.04. The first kappa shape index (κ1) is 22.8. The fourth-order valence-electron chi connectivity index (χ4n) is 2.85. The summed E-state index contributed by atoms with van der Waals surface area (Å²) < 4.78 is 5.29. The number of hydrogen-bond donors (Lipinski definition) is 1. The van der Waals surface area contributed by atoms with Gasteiger partial charge in [-0.25, -0.2) is 0 Å². The molecule has 154 valence electrons. The van der Waals surface area contributed by atoms with Crippen molar-refractivity contribution in [3.8, 4) is 11.6 Å². The molecule has 0 unspecified atom stereocenters. The van der Waals surface area contributed by atoms with Crippen LogP contribution in [0.2, 0.25) is 0 Å². The van der Waals surface area contributed by atoms with Crippen molar-refractivity contribution in [3.63, 3.8) is 0 Å². The van der Waals surface area contributed by atoms with Crippen molar-refractivity contribution in [1.29, 1.82) is 0 Å². The molecule has 0 saturated carbocycles. The highest BCUT2D eigenvalue weighted by Crippen LogP contribution is 2.13. The van der Waals surface area contributed by atoms with Crippen LogP contribution in [0.4, 0.5) is 0 Å². The van der Waals surface area contributed by atoms with Crippen molar-refractivity contribution in [2.45, 2.75) is 26.3 Å². The molecule has 0 aliphatic carbocycles. The third kappa shape index (κ3) is 6.52. The molecule has 0 fully saturated rings. The number of aliphatic imine (C=N–C) groups is 1. The van der Waals surface area contributed by atoms with E-state index in [1.54, 1.807) is 13.2 Å². The summed E-state index contributed by atoms with van der Waals surface area (Å²) in [4.78, 5) is 15.1. The second-order valence-electron chi connectivity index (χ2n) is 6.48. The molecular formula is C21H27IN6O. The smallest absolute Gasteiger partial charge is 0.276 e. The van der Waals surface area contributed by atoms with Crippen LogP contribution >= 0.6 is 24.0 Å². The minimum absolute atomic E-state index is 0. The van der Waals surface area contributed by atoms with Gasteiger partial charge in [-0.1, -0.05) is 42.4 Å². The molecule has 0 radical (unpaired) electrons. The summed E-state index contributed by atoms with van der Waals surface area (Å²) >= 11 is 0. The number of hydrogen-bond acceptors (Lipinski definition) is 5. The highest BCUT2D eigenvalue weighted by molar-refractivity contribution is 14.0. The van der Waals surface area contributed by atoms with E-state index >= 15 is 0 Å². The molecule has 0 saturated heterocycles. The minimum atomic E-state index is 0. The molecular weight excluding hydrogens is 479 g/mol.